The summed E-state index contributed by atoms with van der Waals surface area (Å²) in [5.41, 5.74) is 10.3. The first-order chi connectivity index (χ1) is 25.9. The van der Waals surface area contributed by atoms with Crippen LogP contribution in [0.3, 0.4) is 0 Å². The number of hydrogen-bond donors (Lipinski definition) is 1. The molecule has 0 saturated heterocycles. The normalized spacial score (nSPS) is 19.6. The minimum Gasteiger partial charge on any atom is -0.399 e. The lowest BCUT2D eigenvalue weighted by Gasteiger charge is -2.34. The molecule has 2 fully saturated rings. The highest BCUT2D eigenvalue weighted by atomic mass is 19.4. The van der Waals surface area contributed by atoms with E-state index in [0.717, 1.165) is 43.1 Å². The number of nitrogens with zero attached hydrogens (tertiary/aromatic N) is 1. The van der Waals surface area contributed by atoms with Gasteiger partial charge in [-0.05, 0) is 98.6 Å². The van der Waals surface area contributed by atoms with E-state index in [-0.39, 0.29) is 17.5 Å². The van der Waals surface area contributed by atoms with Crippen molar-refractivity contribution in [3.8, 4) is 11.1 Å². The third kappa shape index (κ3) is 19.9. The summed E-state index contributed by atoms with van der Waals surface area (Å²) in [7, 11) is 1.50. The number of rotatable bonds is 12. The van der Waals surface area contributed by atoms with Crippen LogP contribution in [-0.4, -0.2) is 36.1 Å². The van der Waals surface area contributed by atoms with Gasteiger partial charge in [-0.2, -0.15) is 13.2 Å². The second-order valence-electron chi connectivity index (χ2n) is 14.8. The molecule has 2 aromatic carbocycles. The predicted octanol–water partition coefficient (Wildman–Crippen LogP) is 15.4. The van der Waals surface area contributed by atoms with Crippen molar-refractivity contribution in [2.45, 2.75) is 171 Å². The van der Waals surface area contributed by atoms with Crippen LogP contribution in [0.2, 0.25) is 0 Å². The number of hydrogen-bond acceptors (Lipinski definition) is 3. The van der Waals surface area contributed by atoms with Crippen LogP contribution in [0.4, 0.5) is 23.2 Å². The lowest BCUT2D eigenvalue weighted by molar-refractivity contribution is -0.118. The number of carbonyl (C=O) groups excluding carboxylic acids is 1. The van der Waals surface area contributed by atoms with Crippen LogP contribution in [0.1, 0.15) is 157 Å². The fourth-order valence-electron chi connectivity index (χ4n) is 6.35. The van der Waals surface area contributed by atoms with Crippen molar-refractivity contribution < 1.29 is 22.4 Å². The van der Waals surface area contributed by atoms with E-state index in [1.54, 1.807) is 0 Å². The zero-order valence-corrected chi connectivity index (χ0v) is 36.7. The van der Waals surface area contributed by atoms with E-state index in [9.17, 15) is 22.4 Å². The highest BCUT2D eigenvalue weighted by Gasteiger charge is 2.40. The molecule has 0 aromatic heterocycles. The number of benzene rings is 2. The number of allylic oxidation sites excluding steroid dienone is 4. The van der Waals surface area contributed by atoms with E-state index in [0.29, 0.717) is 19.3 Å². The molecule has 2 aliphatic carbocycles. The first-order valence-corrected chi connectivity index (χ1v) is 20.8. The van der Waals surface area contributed by atoms with Crippen molar-refractivity contribution >= 4 is 12.0 Å². The lowest BCUT2D eigenvalue weighted by Crippen LogP contribution is -2.37. The van der Waals surface area contributed by atoms with Crippen molar-refractivity contribution in [2.24, 2.45) is 11.8 Å². The van der Waals surface area contributed by atoms with Crippen LogP contribution < -0.4 is 5.73 Å². The summed E-state index contributed by atoms with van der Waals surface area (Å²) in [6.07, 6.45) is 9.65. The quantitative estimate of drug-likeness (QED) is 0.101. The Bertz CT molecular complexity index is 1340. The SMILES string of the molecule is C=CC(C=C)=C(N(C)C(CC)CCCC)C(F)(F)F.CC.CC1(F)CC(C=O)C1.CCC.CCCC.Cc1cc(N)ccc1-c1ccc(C2CCC2C)cc1. The number of aldehydes is 1. The largest absolute Gasteiger partial charge is 0.431 e. The summed E-state index contributed by atoms with van der Waals surface area (Å²) in [6, 6.07) is 15.1. The van der Waals surface area contributed by atoms with Crippen molar-refractivity contribution in [3.05, 3.63) is 90.2 Å². The highest BCUT2D eigenvalue weighted by Crippen LogP contribution is 2.42. The minimum atomic E-state index is -4.40. The summed E-state index contributed by atoms with van der Waals surface area (Å²) >= 11 is 0. The van der Waals surface area contributed by atoms with Crippen LogP contribution in [0.15, 0.2) is 79.0 Å². The molecule has 3 atom stereocenters. The first kappa shape index (κ1) is 53.8. The minimum absolute atomic E-state index is 0.00463. The van der Waals surface area contributed by atoms with Crippen LogP contribution >= 0.6 is 0 Å². The molecule has 0 heterocycles. The second-order valence-corrected chi connectivity index (χ2v) is 14.8. The van der Waals surface area contributed by atoms with Crippen molar-refractivity contribution in [1.82, 2.24) is 4.90 Å². The van der Waals surface area contributed by atoms with Gasteiger partial charge < -0.3 is 15.4 Å². The molecule has 55 heavy (non-hydrogen) atoms. The number of alkyl halides is 4. The van der Waals surface area contributed by atoms with Gasteiger partial charge in [-0.25, -0.2) is 4.39 Å². The molecule has 7 heteroatoms. The molecule has 0 bridgehead atoms. The van der Waals surface area contributed by atoms with E-state index in [1.807, 2.05) is 39.8 Å². The number of halogens is 4. The van der Waals surface area contributed by atoms with E-state index >= 15 is 0 Å². The smallest absolute Gasteiger partial charge is 0.399 e. The number of carbonyl (C=O) groups is 1. The van der Waals surface area contributed by atoms with E-state index < -0.39 is 17.5 Å². The predicted molar refractivity (Wildman–Crippen MR) is 233 cm³/mol. The van der Waals surface area contributed by atoms with E-state index in [1.165, 1.54) is 85.4 Å². The molecule has 3 nitrogen and oxygen atoms in total. The van der Waals surface area contributed by atoms with Crippen molar-refractivity contribution in [1.29, 1.82) is 0 Å². The maximum Gasteiger partial charge on any atom is 0.431 e. The van der Waals surface area contributed by atoms with Gasteiger partial charge in [0, 0.05) is 30.3 Å². The molecule has 0 amide bonds. The Morgan fingerprint density at radius 3 is 1.78 bits per heavy atom. The molecule has 2 aromatic rings. The van der Waals surface area contributed by atoms with Crippen molar-refractivity contribution in [2.75, 3.05) is 12.8 Å². The monoisotopic (exact) mass is 775 g/mol. The summed E-state index contributed by atoms with van der Waals surface area (Å²) in [5.74, 6) is 1.63. The summed E-state index contributed by atoms with van der Waals surface area (Å²) in [6.45, 7) is 29.4. The molecule has 3 unspecified atom stereocenters. The fourth-order valence-corrected chi connectivity index (χ4v) is 6.35. The van der Waals surface area contributed by atoms with Gasteiger partial charge in [0.05, 0.1) is 0 Å². The van der Waals surface area contributed by atoms with Gasteiger partial charge in [-0.3, -0.25) is 0 Å². The van der Waals surface area contributed by atoms with Gasteiger partial charge in [-0.15, -0.1) is 0 Å². The van der Waals surface area contributed by atoms with E-state index in [4.69, 9.17) is 5.73 Å². The Morgan fingerprint density at radius 2 is 1.47 bits per heavy atom. The Labute approximate surface area is 334 Å². The van der Waals surface area contributed by atoms with Crippen LogP contribution in [0, 0.1) is 18.8 Å². The molecule has 314 valence electrons. The average molecular weight is 775 g/mol. The average Bonchev–Trinajstić information content (AvgIpc) is 3.14. The van der Waals surface area contributed by atoms with Crippen LogP contribution in [-0.2, 0) is 4.79 Å². The molecule has 4 rings (SSSR count). The number of anilines is 1. The first-order valence-electron chi connectivity index (χ1n) is 20.8. The van der Waals surface area contributed by atoms with Crippen molar-refractivity contribution in [3.63, 3.8) is 0 Å². The summed E-state index contributed by atoms with van der Waals surface area (Å²) in [4.78, 5) is 11.2. The van der Waals surface area contributed by atoms with Gasteiger partial charge in [0.15, 0.2) is 0 Å². The number of nitrogen functional groups attached to an aromatic ring is 1. The van der Waals surface area contributed by atoms with Crippen LogP contribution in [0.25, 0.3) is 11.1 Å². The lowest BCUT2D eigenvalue weighted by atomic mass is 9.71. The molecule has 0 radical (unpaired) electrons. The van der Waals surface area contributed by atoms with Gasteiger partial charge in [0.2, 0.25) is 0 Å². The topological polar surface area (TPSA) is 46.3 Å². The van der Waals surface area contributed by atoms with E-state index in [2.05, 4.69) is 85.0 Å². The third-order valence-corrected chi connectivity index (χ3v) is 9.83. The summed E-state index contributed by atoms with van der Waals surface area (Å²) < 4.78 is 52.1. The zero-order chi connectivity index (χ0) is 42.8. The van der Waals surface area contributed by atoms with Gasteiger partial charge in [-0.1, -0.05) is 150 Å². The molecule has 0 spiro atoms. The molecule has 2 saturated carbocycles. The number of aryl methyl sites for hydroxylation is 1. The Balaban J connectivity index is 0. The number of unbranched alkanes of at least 4 members (excludes halogenated alkanes) is 2. The maximum absolute atomic E-state index is 13.2. The van der Waals surface area contributed by atoms with Gasteiger partial charge in [0.1, 0.15) is 17.7 Å². The second kappa shape index (κ2) is 29.0. The molecule has 0 aliphatic heterocycles. The standard InChI is InChI=1S/C18H21N.C15H24F3N.C6H9FO.C4H10.C3H8.C2H6/c1-12-3-9-17(12)14-4-6-15(7-5-14)18-10-8-16(19)11-13(18)2;1-6-10-11-13(9-4)19(5)14(15(16,17)18)12(7-2)8-3;1-6(7)2-5(3-6)4-8;1-3-4-2;1-3-2;1-2/h4-8,10-12,17H,3,9,19H2,1-2H3;7-8,13H,2-3,6,9-11H2,1,4-5H3;4-5H,2-3H2,1H3;3-4H2,1-2H3;3H2,1-2H3;1-2H3. The number of nitrogens with two attached hydrogens (primary N) is 1. The van der Waals surface area contributed by atoms with Gasteiger partial charge in [0.25, 0.3) is 0 Å². The Morgan fingerprint density at radius 1 is 0.945 bits per heavy atom. The van der Waals surface area contributed by atoms with Crippen LogP contribution in [0.5, 0.6) is 0 Å². The maximum atomic E-state index is 13.2. The Kier molecular flexibility index (Phi) is 28.3. The molecular weight excluding hydrogens is 697 g/mol. The summed E-state index contributed by atoms with van der Waals surface area (Å²) in [5, 5.41) is 0. The fraction of sp³-hybridized carbons (Fsp3) is 0.604. The molecular formula is C48H78F4N2O. The molecule has 2 N–H and O–H groups in total. The Hall–Kier alpha value is -3.35. The highest BCUT2D eigenvalue weighted by molar-refractivity contribution is 5.69. The molecule has 2 aliphatic rings. The third-order valence-electron chi connectivity index (χ3n) is 9.83. The zero-order valence-electron chi connectivity index (χ0n) is 36.7. The van der Waals surface area contributed by atoms with Gasteiger partial charge >= 0.3 is 6.18 Å².